The van der Waals surface area contributed by atoms with Crippen LogP contribution >= 0.6 is 0 Å². The molecule has 2 amide bonds. The Hall–Kier alpha value is -2.39. The van der Waals surface area contributed by atoms with Gasteiger partial charge in [0.15, 0.2) is 0 Å². The zero-order chi connectivity index (χ0) is 24.4. The Morgan fingerprint density at radius 1 is 1.17 bits per heavy atom. The lowest BCUT2D eigenvalue weighted by Gasteiger charge is -2.43. The van der Waals surface area contributed by atoms with Gasteiger partial charge in [0, 0.05) is 30.5 Å². The summed E-state index contributed by atoms with van der Waals surface area (Å²) in [7, 11) is 1.38. The summed E-state index contributed by atoms with van der Waals surface area (Å²) in [5.41, 5.74) is 1.43. The molecule has 3 aliphatic heterocycles. The third-order valence-corrected chi connectivity index (χ3v) is 8.33. The number of piperidine rings is 1. The van der Waals surface area contributed by atoms with Crippen molar-refractivity contribution in [2.75, 3.05) is 44.9 Å². The van der Waals surface area contributed by atoms with Gasteiger partial charge < -0.3 is 24.4 Å². The number of ether oxygens (including phenoxy) is 3. The Bertz CT molecular complexity index is 930. The number of benzene rings is 1. The van der Waals surface area contributed by atoms with Crippen LogP contribution in [0.25, 0.3) is 0 Å². The topological polar surface area (TPSA) is 80.3 Å². The first-order valence-electron chi connectivity index (χ1n) is 12.9. The fourth-order valence-electron chi connectivity index (χ4n) is 6.41. The van der Waals surface area contributed by atoms with E-state index in [-0.39, 0.29) is 29.5 Å². The molecule has 35 heavy (non-hydrogen) atoms. The van der Waals surface area contributed by atoms with E-state index >= 15 is 0 Å². The smallest absolute Gasteiger partial charge is 0.414 e. The van der Waals surface area contributed by atoms with E-state index in [0.717, 1.165) is 75.7 Å². The largest absolute Gasteiger partial charge is 0.452 e. The van der Waals surface area contributed by atoms with Crippen molar-refractivity contribution in [1.82, 2.24) is 10.2 Å². The number of carbonyl (C=O) groups is 2. The monoisotopic (exact) mass is 489 g/mol. The number of amides is 2. The molecule has 2 unspecified atom stereocenters. The molecule has 1 aliphatic carbocycles. The quantitative estimate of drug-likeness (QED) is 0.648. The highest BCUT2D eigenvalue weighted by molar-refractivity contribution is 5.91. The molecular weight excluding hydrogens is 453 g/mol. The minimum atomic E-state index is -0.397. The van der Waals surface area contributed by atoms with Crippen LogP contribution in [0.1, 0.15) is 56.9 Å². The van der Waals surface area contributed by atoms with Crippen molar-refractivity contribution in [3.63, 3.8) is 0 Å². The van der Waals surface area contributed by atoms with Gasteiger partial charge in [-0.2, -0.15) is 0 Å². The van der Waals surface area contributed by atoms with Gasteiger partial charge in [-0.1, -0.05) is 12.8 Å². The molecule has 0 aromatic heterocycles. The number of rotatable bonds is 3. The van der Waals surface area contributed by atoms with Gasteiger partial charge in [-0.15, -0.1) is 0 Å². The van der Waals surface area contributed by atoms with Gasteiger partial charge in [-0.3, -0.25) is 4.90 Å². The van der Waals surface area contributed by atoms with Crippen LogP contribution in [0.2, 0.25) is 0 Å². The van der Waals surface area contributed by atoms with Gasteiger partial charge in [-0.25, -0.2) is 14.0 Å². The number of anilines is 1. The molecule has 4 aliphatic rings. The second-order valence-electron chi connectivity index (χ2n) is 10.4. The Morgan fingerprint density at radius 2 is 1.97 bits per heavy atom. The molecule has 9 heteroatoms. The molecule has 5 rings (SSSR count). The normalized spacial score (nSPS) is 28.4. The van der Waals surface area contributed by atoms with Crippen LogP contribution in [0.4, 0.5) is 19.7 Å². The number of nitrogens with zero attached hydrogens (tertiary/aromatic N) is 2. The number of nitrogens with one attached hydrogen (secondary N) is 1. The molecule has 8 nitrogen and oxygen atoms in total. The van der Waals surface area contributed by atoms with E-state index in [1.807, 2.05) is 0 Å². The Kier molecular flexibility index (Phi) is 7.16. The van der Waals surface area contributed by atoms with Crippen LogP contribution < -0.4 is 10.2 Å². The highest BCUT2D eigenvalue weighted by atomic mass is 19.1. The molecular formula is C26H36FN3O5. The van der Waals surface area contributed by atoms with Gasteiger partial charge in [0.1, 0.15) is 11.9 Å². The molecule has 3 fully saturated rings. The maximum Gasteiger partial charge on any atom is 0.414 e. The van der Waals surface area contributed by atoms with Crippen molar-refractivity contribution in [1.29, 1.82) is 0 Å². The molecule has 0 bridgehead atoms. The summed E-state index contributed by atoms with van der Waals surface area (Å²) < 4.78 is 30.0. The SMILES string of the molecule is COC(=O)N1CC2(CCN(C3CCCCC(NC(=O)O[C@@H]4CCOC4)C3)CC2)c2cc(F)ccc21. The third kappa shape index (κ3) is 5.11. The Morgan fingerprint density at radius 3 is 2.71 bits per heavy atom. The standard InChI is InChI=1S/C26H36FN3O5/c1-33-25(32)30-17-26(22-14-18(27)6-7-23(22)30)9-11-29(12-10-26)20-5-3-2-4-19(15-20)28-24(31)35-21-8-13-34-16-21/h6-7,14,19-21H,2-5,8-13,15-17H2,1H3,(H,28,31)/t19?,20?,21-/m1/s1. The van der Waals surface area contributed by atoms with E-state index in [0.29, 0.717) is 25.8 Å². The summed E-state index contributed by atoms with van der Waals surface area (Å²) >= 11 is 0. The molecule has 1 aromatic carbocycles. The number of halogens is 1. The van der Waals surface area contributed by atoms with Crippen molar-refractivity contribution < 1.29 is 28.2 Å². The van der Waals surface area contributed by atoms with E-state index in [1.54, 1.807) is 17.0 Å². The fraction of sp³-hybridized carbons (Fsp3) is 0.692. The first-order chi connectivity index (χ1) is 17.0. The van der Waals surface area contributed by atoms with Crippen molar-refractivity contribution in [2.45, 2.75) is 75.0 Å². The molecule has 0 radical (unpaired) electrons. The Balaban J connectivity index is 1.22. The molecule has 1 spiro atoms. The summed E-state index contributed by atoms with van der Waals surface area (Å²) in [5, 5.41) is 3.10. The second-order valence-corrected chi connectivity index (χ2v) is 10.4. The molecule has 192 valence electrons. The molecule has 1 N–H and O–H groups in total. The first-order valence-corrected chi connectivity index (χ1v) is 12.9. The van der Waals surface area contributed by atoms with E-state index in [4.69, 9.17) is 14.2 Å². The van der Waals surface area contributed by atoms with Crippen LogP contribution in [0, 0.1) is 5.82 Å². The van der Waals surface area contributed by atoms with E-state index < -0.39 is 6.09 Å². The minimum absolute atomic E-state index is 0.101. The number of hydrogen-bond donors (Lipinski definition) is 1. The number of alkyl carbamates (subject to hydrolysis) is 1. The lowest BCUT2D eigenvalue weighted by Crippen LogP contribution is -2.50. The predicted molar refractivity (Wildman–Crippen MR) is 128 cm³/mol. The Labute approximate surface area is 206 Å². The van der Waals surface area contributed by atoms with Gasteiger partial charge in [0.05, 0.1) is 26.0 Å². The lowest BCUT2D eigenvalue weighted by atomic mass is 9.74. The summed E-state index contributed by atoms with van der Waals surface area (Å²) in [6.07, 6.45) is 6.80. The van der Waals surface area contributed by atoms with Gasteiger partial charge in [0.25, 0.3) is 0 Å². The second kappa shape index (κ2) is 10.3. The van der Waals surface area contributed by atoms with Crippen LogP contribution in [0.3, 0.4) is 0 Å². The average molecular weight is 490 g/mol. The zero-order valence-electron chi connectivity index (χ0n) is 20.5. The lowest BCUT2D eigenvalue weighted by molar-refractivity contribution is 0.0767. The van der Waals surface area contributed by atoms with Crippen LogP contribution in [0.15, 0.2) is 18.2 Å². The highest BCUT2D eigenvalue weighted by Gasteiger charge is 2.47. The van der Waals surface area contributed by atoms with Crippen molar-refractivity contribution in [3.05, 3.63) is 29.6 Å². The van der Waals surface area contributed by atoms with Gasteiger partial charge in [0.2, 0.25) is 0 Å². The molecule has 1 aromatic rings. The van der Waals surface area contributed by atoms with Crippen LogP contribution in [0.5, 0.6) is 0 Å². The molecule has 2 saturated heterocycles. The first kappa shape index (κ1) is 24.3. The maximum atomic E-state index is 14.2. The van der Waals surface area contributed by atoms with E-state index in [1.165, 1.54) is 13.2 Å². The van der Waals surface area contributed by atoms with Crippen molar-refractivity contribution in [3.8, 4) is 0 Å². The molecule has 1 saturated carbocycles. The van der Waals surface area contributed by atoms with Gasteiger partial charge >= 0.3 is 12.2 Å². The zero-order valence-corrected chi connectivity index (χ0v) is 20.5. The number of hydrogen-bond acceptors (Lipinski definition) is 6. The minimum Gasteiger partial charge on any atom is -0.452 e. The fourth-order valence-corrected chi connectivity index (χ4v) is 6.41. The molecule has 3 atom stereocenters. The number of fused-ring (bicyclic) bond motifs is 2. The van der Waals surface area contributed by atoms with Gasteiger partial charge in [-0.05, 0) is 69.0 Å². The maximum absolute atomic E-state index is 14.2. The number of carbonyl (C=O) groups excluding carboxylic acids is 2. The van der Waals surface area contributed by atoms with E-state index in [2.05, 4.69) is 10.2 Å². The summed E-state index contributed by atoms with van der Waals surface area (Å²) in [6.45, 7) is 3.42. The predicted octanol–water partition coefficient (Wildman–Crippen LogP) is 3.96. The van der Waals surface area contributed by atoms with Crippen LogP contribution in [-0.2, 0) is 19.6 Å². The van der Waals surface area contributed by atoms with Crippen molar-refractivity contribution >= 4 is 17.9 Å². The molecule has 3 heterocycles. The summed E-state index contributed by atoms with van der Waals surface area (Å²) in [5.74, 6) is -0.272. The average Bonchev–Trinajstić information content (AvgIpc) is 3.39. The summed E-state index contributed by atoms with van der Waals surface area (Å²) in [6, 6.07) is 5.19. The number of likely N-dealkylation sites (tertiary alicyclic amines) is 1. The van der Waals surface area contributed by atoms with Crippen LogP contribution in [-0.4, -0.2) is 75.2 Å². The van der Waals surface area contributed by atoms with Crippen molar-refractivity contribution in [2.24, 2.45) is 0 Å². The summed E-state index contributed by atoms with van der Waals surface area (Å²) in [4.78, 5) is 29.0. The number of methoxy groups -OCH3 is 1. The third-order valence-electron chi connectivity index (χ3n) is 8.33. The highest BCUT2D eigenvalue weighted by Crippen LogP contribution is 2.48. The van der Waals surface area contributed by atoms with E-state index in [9.17, 15) is 14.0 Å².